The van der Waals surface area contributed by atoms with Gasteiger partial charge in [0.2, 0.25) is 0 Å². The molecular formula is C14H18BrClO. The van der Waals surface area contributed by atoms with E-state index in [0.717, 1.165) is 18.1 Å². The molecule has 1 aliphatic heterocycles. The third-order valence-electron chi connectivity index (χ3n) is 3.55. The van der Waals surface area contributed by atoms with Gasteiger partial charge in [0.05, 0.1) is 12.7 Å². The zero-order valence-electron chi connectivity index (χ0n) is 10.5. The van der Waals surface area contributed by atoms with Crippen molar-refractivity contribution in [3.05, 3.63) is 33.8 Å². The first-order valence-electron chi connectivity index (χ1n) is 6.01. The van der Waals surface area contributed by atoms with Gasteiger partial charge in [0.15, 0.2) is 0 Å². The number of halogens is 2. The molecule has 1 aromatic rings. The molecule has 0 spiro atoms. The summed E-state index contributed by atoms with van der Waals surface area (Å²) in [7, 11) is 0. The highest BCUT2D eigenvalue weighted by Gasteiger charge is 2.30. The predicted molar refractivity (Wildman–Crippen MR) is 76.1 cm³/mol. The Morgan fingerprint density at radius 3 is 2.59 bits per heavy atom. The lowest BCUT2D eigenvalue weighted by atomic mass is 9.94. The van der Waals surface area contributed by atoms with Crippen molar-refractivity contribution in [3.8, 4) is 0 Å². The summed E-state index contributed by atoms with van der Waals surface area (Å²) < 4.78 is 5.63. The molecule has 1 fully saturated rings. The van der Waals surface area contributed by atoms with Gasteiger partial charge >= 0.3 is 0 Å². The van der Waals surface area contributed by atoms with E-state index in [-0.39, 0.29) is 0 Å². The maximum Gasteiger partial charge on any atom is 0.0551 e. The number of alkyl halides is 1. The lowest BCUT2D eigenvalue weighted by Crippen LogP contribution is -2.08. The van der Waals surface area contributed by atoms with Gasteiger partial charge in [0.1, 0.15) is 0 Å². The van der Waals surface area contributed by atoms with Gasteiger partial charge in [-0.1, -0.05) is 33.6 Å². The van der Waals surface area contributed by atoms with Crippen molar-refractivity contribution in [2.45, 2.75) is 38.1 Å². The van der Waals surface area contributed by atoms with Gasteiger partial charge in [-0.15, -0.1) is 0 Å². The number of aryl methyl sites for hydroxylation is 2. The fourth-order valence-corrected chi connectivity index (χ4v) is 3.54. The fraction of sp³-hybridized carbons (Fsp3) is 0.571. The van der Waals surface area contributed by atoms with E-state index in [9.17, 15) is 0 Å². The quantitative estimate of drug-likeness (QED) is 0.711. The molecule has 0 aromatic heterocycles. The summed E-state index contributed by atoms with van der Waals surface area (Å²) in [4.78, 5) is 0.291. The topological polar surface area (TPSA) is 9.23 Å². The molecule has 2 rings (SSSR count). The van der Waals surface area contributed by atoms with Gasteiger partial charge in [0, 0.05) is 15.8 Å². The summed E-state index contributed by atoms with van der Waals surface area (Å²) in [6, 6.07) is 4.25. The first-order valence-corrected chi connectivity index (χ1v) is 7.30. The number of ether oxygens (including phenoxy) is 1. The van der Waals surface area contributed by atoms with Crippen LogP contribution in [-0.2, 0) is 4.74 Å². The van der Waals surface area contributed by atoms with Crippen molar-refractivity contribution in [1.82, 2.24) is 0 Å². The molecule has 3 unspecified atom stereocenters. The Hall–Kier alpha value is -0.0500. The zero-order chi connectivity index (χ0) is 12.6. The van der Waals surface area contributed by atoms with E-state index in [4.69, 9.17) is 16.3 Å². The first kappa shape index (κ1) is 13.4. The van der Waals surface area contributed by atoms with Gasteiger partial charge in [-0.25, -0.2) is 0 Å². The van der Waals surface area contributed by atoms with Crippen LogP contribution in [0.2, 0.25) is 5.02 Å². The Labute approximate surface area is 117 Å². The molecule has 3 heteroatoms. The van der Waals surface area contributed by atoms with Gasteiger partial charge in [0.25, 0.3) is 0 Å². The normalized spacial score (nSPS) is 26.2. The summed E-state index contributed by atoms with van der Waals surface area (Å²) in [6.45, 7) is 7.17. The van der Waals surface area contributed by atoms with Crippen LogP contribution in [0.25, 0.3) is 0 Å². The number of hydrogen-bond donors (Lipinski definition) is 0. The van der Waals surface area contributed by atoms with E-state index in [0.29, 0.717) is 16.8 Å². The summed E-state index contributed by atoms with van der Waals surface area (Å²) >= 11 is 10.1. The van der Waals surface area contributed by atoms with Gasteiger partial charge < -0.3 is 4.74 Å². The number of hydrogen-bond acceptors (Lipinski definition) is 1. The van der Waals surface area contributed by atoms with Crippen LogP contribution in [0.3, 0.4) is 0 Å². The Morgan fingerprint density at radius 1 is 1.35 bits per heavy atom. The van der Waals surface area contributed by atoms with E-state index in [1.807, 2.05) is 0 Å². The van der Waals surface area contributed by atoms with Crippen LogP contribution in [0, 0.1) is 19.8 Å². The molecule has 1 aliphatic rings. The number of rotatable bonds is 2. The molecule has 0 aliphatic carbocycles. The molecule has 1 aromatic carbocycles. The molecule has 1 nitrogen and oxygen atoms in total. The van der Waals surface area contributed by atoms with Crippen molar-refractivity contribution < 1.29 is 4.74 Å². The highest BCUT2D eigenvalue weighted by atomic mass is 79.9. The smallest absolute Gasteiger partial charge is 0.0551 e. The molecule has 17 heavy (non-hydrogen) atoms. The van der Waals surface area contributed by atoms with Gasteiger partial charge in [-0.2, -0.15) is 0 Å². The highest BCUT2D eigenvalue weighted by Crippen LogP contribution is 2.41. The van der Waals surface area contributed by atoms with Crippen LogP contribution < -0.4 is 0 Å². The number of benzene rings is 1. The van der Waals surface area contributed by atoms with Crippen LogP contribution in [0.4, 0.5) is 0 Å². The molecule has 0 N–H and O–H groups in total. The molecule has 0 saturated carbocycles. The zero-order valence-corrected chi connectivity index (χ0v) is 12.8. The van der Waals surface area contributed by atoms with Crippen molar-refractivity contribution in [2.24, 2.45) is 5.92 Å². The van der Waals surface area contributed by atoms with Crippen molar-refractivity contribution in [2.75, 3.05) is 6.61 Å². The van der Waals surface area contributed by atoms with E-state index in [1.54, 1.807) is 0 Å². The van der Waals surface area contributed by atoms with E-state index >= 15 is 0 Å². The van der Waals surface area contributed by atoms with Gasteiger partial charge in [-0.3, -0.25) is 0 Å². The second-order valence-electron chi connectivity index (χ2n) is 5.00. The Balaban J connectivity index is 2.24. The Morgan fingerprint density at radius 2 is 2.00 bits per heavy atom. The van der Waals surface area contributed by atoms with E-state index < -0.39 is 0 Å². The summed E-state index contributed by atoms with van der Waals surface area (Å²) in [6.07, 6.45) is 1.46. The summed E-state index contributed by atoms with van der Waals surface area (Å²) in [5.74, 6) is 0.518. The minimum Gasteiger partial charge on any atom is -0.378 e. The van der Waals surface area contributed by atoms with E-state index in [1.165, 1.54) is 16.7 Å². The molecule has 1 saturated heterocycles. The molecule has 1 heterocycles. The highest BCUT2D eigenvalue weighted by molar-refractivity contribution is 9.09. The molecule has 0 bridgehead atoms. The Bertz CT molecular complexity index is 419. The van der Waals surface area contributed by atoms with Crippen molar-refractivity contribution >= 4 is 27.5 Å². The maximum absolute atomic E-state index is 6.34. The Kier molecular flexibility index (Phi) is 4.17. The average molecular weight is 318 g/mol. The molecule has 3 atom stereocenters. The predicted octanol–water partition coefficient (Wildman–Crippen LogP) is 4.82. The minimum absolute atomic E-state index is 0.291. The molecule has 94 valence electrons. The van der Waals surface area contributed by atoms with Crippen LogP contribution in [0.15, 0.2) is 12.1 Å². The first-order chi connectivity index (χ1) is 7.99. The average Bonchev–Trinajstić information content (AvgIpc) is 2.69. The lowest BCUT2D eigenvalue weighted by Gasteiger charge is -2.19. The monoisotopic (exact) mass is 316 g/mol. The molecular weight excluding hydrogens is 300 g/mol. The van der Waals surface area contributed by atoms with Crippen molar-refractivity contribution in [3.63, 3.8) is 0 Å². The summed E-state index contributed by atoms with van der Waals surface area (Å²) in [5.41, 5.74) is 3.73. The van der Waals surface area contributed by atoms with Crippen LogP contribution in [-0.4, -0.2) is 12.7 Å². The largest absolute Gasteiger partial charge is 0.378 e. The SMILES string of the molecule is Cc1cc(Cl)c(C(Br)C2COC(C)C2)cc1C. The van der Waals surface area contributed by atoms with Crippen molar-refractivity contribution in [1.29, 1.82) is 0 Å². The maximum atomic E-state index is 6.34. The standard InChI is InChI=1S/C14H18BrClO/c1-8-4-12(13(16)5-9(8)2)14(15)11-6-10(3)17-7-11/h4-5,10-11,14H,6-7H2,1-3H3. The summed E-state index contributed by atoms with van der Waals surface area (Å²) in [5, 5.41) is 0.856. The third kappa shape index (κ3) is 2.86. The van der Waals surface area contributed by atoms with Crippen LogP contribution in [0.5, 0.6) is 0 Å². The van der Waals surface area contributed by atoms with Crippen LogP contribution >= 0.6 is 27.5 Å². The van der Waals surface area contributed by atoms with E-state index in [2.05, 4.69) is 48.8 Å². The third-order valence-corrected chi connectivity index (χ3v) is 5.12. The molecule has 0 radical (unpaired) electrons. The second kappa shape index (κ2) is 5.29. The minimum atomic E-state index is 0.291. The lowest BCUT2D eigenvalue weighted by molar-refractivity contribution is 0.120. The molecule has 0 amide bonds. The van der Waals surface area contributed by atoms with Crippen LogP contribution in [0.1, 0.15) is 34.9 Å². The van der Waals surface area contributed by atoms with Gasteiger partial charge in [-0.05, 0) is 49.9 Å². The second-order valence-corrected chi connectivity index (χ2v) is 6.39. The fourth-order valence-electron chi connectivity index (χ4n) is 2.32.